The lowest BCUT2D eigenvalue weighted by molar-refractivity contribution is 0.693. The molecule has 1 aliphatic rings. The second-order valence-electron chi connectivity index (χ2n) is 2.23. The maximum absolute atomic E-state index is 11.4. The number of hydrogen-bond donors (Lipinski definition) is 0. The molecule has 0 saturated heterocycles. The van der Waals surface area contributed by atoms with Crippen LogP contribution < -0.4 is 0 Å². The van der Waals surface area contributed by atoms with Gasteiger partial charge in [-0.2, -0.15) is 0 Å². The summed E-state index contributed by atoms with van der Waals surface area (Å²) in [6, 6.07) is 0. The van der Waals surface area contributed by atoms with Crippen molar-refractivity contribution < 1.29 is 4.21 Å². The van der Waals surface area contributed by atoms with Gasteiger partial charge in [0.15, 0.2) is 0 Å². The van der Waals surface area contributed by atoms with Crippen LogP contribution in [0.5, 0.6) is 0 Å². The third kappa shape index (κ3) is 8.41. The predicted octanol–water partition coefficient (Wildman–Crippen LogP) is 5.04. The second-order valence-corrected chi connectivity index (χ2v) is 6.70. The Labute approximate surface area is 115 Å². The molecule has 0 fully saturated rings. The van der Waals surface area contributed by atoms with Gasteiger partial charge in [-0.3, -0.25) is 4.21 Å². The molecule has 0 bridgehead atoms. The first-order chi connectivity index (χ1) is 7.89. The molecule has 1 heterocycles. The van der Waals surface area contributed by atoms with E-state index in [1.807, 2.05) is 43.3 Å². The van der Waals surface area contributed by atoms with Crippen LogP contribution in [0.3, 0.4) is 0 Å². The second kappa shape index (κ2) is 10.4. The first-order valence-corrected chi connectivity index (χ1v) is 9.24. The summed E-state index contributed by atoms with van der Waals surface area (Å²) in [6.07, 6.45) is 0. The highest BCUT2D eigenvalue weighted by atomic mass is 32.2. The van der Waals surface area contributed by atoms with Crippen LogP contribution in [-0.2, 0) is 10.8 Å². The average molecular weight is 307 g/mol. The maximum Gasteiger partial charge on any atom is 0.0712 e. The topological polar surface area (TPSA) is 17.1 Å². The molecule has 0 aromatic carbocycles. The molecular weight excluding hydrogens is 296 g/mol. The van der Waals surface area contributed by atoms with Gasteiger partial charge in [0.25, 0.3) is 0 Å². The Morgan fingerprint density at radius 2 is 0.875 bits per heavy atom. The van der Waals surface area contributed by atoms with E-state index in [4.69, 9.17) is 0 Å². The standard InChI is InChI=1S/C10H10OS5/c11-16-9-7-14-5-3-12-1-2-13-4-6-15-8-10-16/h1-10H/b2-1-,5-3-,6-4-,9-7-,10-8-. The van der Waals surface area contributed by atoms with E-state index in [0.29, 0.717) is 0 Å². The van der Waals surface area contributed by atoms with Crippen LogP contribution in [-0.4, -0.2) is 4.21 Å². The van der Waals surface area contributed by atoms with Gasteiger partial charge in [0.1, 0.15) is 0 Å². The zero-order valence-corrected chi connectivity index (χ0v) is 12.3. The number of hydrogen-bond acceptors (Lipinski definition) is 5. The van der Waals surface area contributed by atoms with E-state index >= 15 is 0 Å². The molecule has 86 valence electrons. The van der Waals surface area contributed by atoms with Crippen molar-refractivity contribution in [2.75, 3.05) is 0 Å². The molecule has 0 N–H and O–H groups in total. The smallest absolute Gasteiger partial charge is 0.0712 e. The van der Waals surface area contributed by atoms with Crippen molar-refractivity contribution in [3.05, 3.63) is 54.1 Å². The maximum atomic E-state index is 11.4. The summed E-state index contributed by atoms with van der Waals surface area (Å²) in [5, 5.41) is 18.9. The van der Waals surface area contributed by atoms with E-state index in [9.17, 15) is 4.21 Å². The molecule has 0 spiro atoms. The molecule has 16 heavy (non-hydrogen) atoms. The van der Waals surface area contributed by atoms with Crippen LogP contribution in [0, 0.1) is 0 Å². The zero-order valence-electron chi connectivity index (χ0n) is 8.22. The largest absolute Gasteiger partial charge is 0.250 e. The van der Waals surface area contributed by atoms with E-state index in [2.05, 4.69) is 0 Å². The van der Waals surface area contributed by atoms with Gasteiger partial charge in [-0.25, -0.2) is 0 Å². The summed E-state index contributed by atoms with van der Waals surface area (Å²) in [5.41, 5.74) is 0. The molecule has 1 rings (SSSR count). The van der Waals surface area contributed by atoms with Gasteiger partial charge < -0.3 is 0 Å². The molecule has 6 heteroatoms. The Kier molecular flexibility index (Phi) is 9.31. The van der Waals surface area contributed by atoms with Gasteiger partial charge >= 0.3 is 0 Å². The fourth-order valence-electron chi connectivity index (χ4n) is 0.593. The summed E-state index contributed by atoms with van der Waals surface area (Å²) in [6.45, 7) is 0. The lowest BCUT2D eigenvalue weighted by Crippen LogP contribution is -1.71. The molecule has 0 atom stereocenters. The minimum Gasteiger partial charge on any atom is -0.250 e. The van der Waals surface area contributed by atoms with Crippen molar-refractivity contribution >= 4 is 57.8 Å². The summed E-state index contributed by atoms with van der Waals surface area (Å²) < 4.78 is 11.4. The molecule has 0 unspecified atom stereocenters. The molecule has 0 aromatic heterocycles. The van der Waals surface area contributed by atoms with Gasteiger partial charge in [0, 0.05) is 10.8 Å². The van der Waals surface area contributed by atoms with Crippen molar-refractivity contribution in [1.82, 2.24) is 0 Å². The van der Waals surface area contributed by atoms with Gasteiger partial charge in [-0.15, -0.1) is 47.0 Å². The monoisotopic (exact) mass is 306 g/mol. The average Bonchev–Trinajstić information content (AvgIpc) is 2.29. The highest BCUT2D eigenvalue weighted by molar-refractivity contribution is 8.10. The molecule has 1 nitrogen and oxygen atoms in total. The van der Waals surface area contributed by atoms with Crippen molar-refractivity contribution in [3.8, 4) is 0 Å². The number of rotatable bonds is 0. The van der Waals surface area contributed by atoms with E-state index in [1.165, 1.54) is 23.5 Å². The van der Waals surface area contributed by atoms with Crippen molar-refractivity contribution in [2.45, 2.75) is 0 Å². The highest BCUT2D eigenvalue weighted by Gasteiger charge is 1.84. The van der Waals surface area contributed by atoms with Crippen molar-refractivity contribution in [1.29, 1.82) is 0 Å². The predicted molar refractivity (Wildman–Crippen MR) is 84.2 cm³/mol. The lowest BCUT2D eigenvalue weighted by Gasteiger charge is -1.84. The molecular formula is C10H10OS5. The normalized spacial score (nSPS) is 29.5. The Hall–Kier alpha value is 0.250. The van der Waals surface area contributed by atoms with Gasteiger partial charge in [0.05, 0.1) is 10.8 Å². The third-order valence-corrected chi connectivity index (χ3v) is 5.19. The highest BCUT2D eigenvalue weighted by Crippen LogP contribution is 2.16. The summed E-state index contributed by atoms with van der Waals surface area (Å²) in [5.74, 6) is 0. The Bertz CT molecular complexity index is 322. The van der Waals surface area contributed by atoms with Crippen LogP contribution in [0.4, 0.5) is 0 Å². The molecule has 1 aliphatic heterocycles. The minimum absolute atomic E-state index is 1.02. The molecule has 0 amide bonds. The van der Waals surface area contributed by atoms with E-state index < -0.39 is 10.8 Å². The zero-order chi connectivity index (χ0) is 11.5. The Morgan fingerprint density at radius 3 is 1.25 bits per heavy atom. The lowest BCUT2D eigenvalue weighted by atomic mass is 11.2. The summed E-state index contributed by atoms with van der Waals surface area (Å²) >= 11 is 6.27. The van der Waals surface area contributed by atoms with Crippen molar-refractivity contribution in [2.24, 2.45) is 0 Å². The first kappa shape index (κ1) is 14.3. The van der Waals surface area contributed by atoms with Crippen LogP contribution in [0.15, 0.2) is 54.1 Å². The molecule has 0 aliphatic carbocycles. The minimum atomic E-state index is -1.02. The van der Waals surface area contributed by atoms with Crippen LogP contribution in [0.1, 0.15) is 0 Å². The van der Waals surface area contributed by atoms with E-state index in [1.54, 1.807) is 34.3 Å². The SMILES string of the molecule is O=S1/C=C\S/C=C\S/C=C\S/C=C\S/C=C\1. The Balaban J connectivity index is 2.55. The van der Waals surface area contributed by atoms with E-state index in [0.717, 1.165) is 0 Å². The molecule has 0 saturated carbocycles. The van der Waals surface area contributed by atoms with Gasteiger partial charge in [-0.1, -0.05) is 0 Å². The van der Waals surface area contributed by atoms with Crippen molar-refractivity contribution in [3.63, 3.8) is 0 Å². The van der Waals surface area contributed by atoms with E-state index in [-0.39, 0.29) is 0 Å². The quantitative estimate of drug-likeness (QED) is 0.622. The summed E-state index contributed by atoms with van der Waals surface area (Å²) in [7, 11) is -1.02. The number of thioether (sulfide) groups is 4. The first-order valence-electron chi connectivity index (χ1n) is 4.19. The van der Waals surface area contributed by atoms with Crippen LogP contribution in [0.2, 0.25) is 0 Å². The van der Waals surface area contributed by atoms with Crippen LogP contribution in [0.25, 0.3) is 0 Å². The summed E-state index contributed by atoms with van der Waals surface area (Å²) in [4.78, 5) is 0. The molecule has 0 aromatic rings. The van der Waals surface area contributed by atoms with Gasteiger partial charge in [0.2, 0.25) is 0 Å². The fraction of sp³-hybridized carbons (Fsp3) is 0. The van der Waals surface area contributed by atoms with Gasteiger partial charge in [-0.05, 0) is 43.3 Å². The Morgan fingerprint density at radius 1 is 0.562 bits per heavy atom. The third-order valence-electron chi connectivity index (χ3n) is 1.17. The molecule has 0 radical (unpaired) electrons. The fourth-order valence-corrected chi connectivity index (χ4v) is 3.98. The van der Waals surface area contributed by atoms with Crippen LogP contribution >= 0.6 is 47.0 Å².